The highest BCUT2D eigenvalue weighted by atomic mass is 16.2. The Balaban J connectivity index is 1.57. The number of carbonyl (C=O) groups is 1. The Labute approximate surface area is 135 Å². The summed E-state index contributed by atoms with van der Waals surface area (Å²) < 4.78 is 0. The lowest BCUT2D eigenvalue weighted by Gasteiger charge is -2.20. The number of fused-ring (bicyclic) bond motifs is 1. The molecule has 2 aromatic carbocycles. The van der Waals surface area contributed by atoms with Gasteiger partial charge in [0.15, 0.2) is 0 Å². The highest BCUT2D eigenvalue weighted by Crippen LogP contribution is 2.29. The number of rotatable bonds is 2. The van der Waals surface area contributed by atoms with E-state index in [1.807, 2.05) is 30.3 Å². The predicted molar refractivity (Wildman–Crippen MR) is 91.9 cm³/mol. The molecule has 4 nitrogen and oxygen atoms in total. The third kappa shape index (κ3) is 2.61. The van der Waals surface area contributed by atoms with Crippen molar-refractivity contribution in [2.75, 3.05) is 18.4 Å². The smallest absolute Gasteiger partial charge is 0.260 e. The van der Waals surface area contributed by atoms with E-state index >= 15 is 0 Å². The Bertz CT molecular complexity index is 767. The molecule has 0 bridgehead atoms. The van der Waals surface area contributed by atoms with Crippen LogP contribution in [-0.2, 0) is 12.8 Å². The van der Waals surface area contributed by atoms with Gasteiger partial charge in [-0.2, -0.15) is 0 Å². The number of hydrogen-bond donors (Lipinski definition) is 1. The van der Waals surface area contributed by atoms with E-state index in [2.05, 4.69) is 28.5 Å². The van der Waals surface area contributed by atoms with Gasteiger partial charge in [0.1, 0.15) is 0 Å². The van der Waals surface area contributed by atoms with Crippen LogP contribution < -0.4 is 5.32 Å². The quantitative estimate of drug-likeness (QED) is 0.926. The van der Waals surface area contributed by atoms with Crippen LogP contribution in [0.15, 0.2) is 53.5 Å². The highest BCUT2D eigenvalue weighted by molar-refractivity contribution is 6.10. The van der Waals surface area contributed by atoms with Crippen LogP contribution in [0.5, 0.6) is 0 Å². The molecule has 23 heavy (non-hydrogen) atoms. The minimum atomic E-state index is 0.00178. The Morgan fingerprint density at radius 1 is 1.04 bits per heavy atom. The maximum Gasteiger partial charge on any atom is 0.260 e. The summed E-state index contributed by atoms with van der Waals surface area (Å²) in [7, 11) is 0. The summed E-state index contributed by atoms with van der Waals surface area (Å²) in [6.45, 7) is 1.28. The number of aliphatic imine (C=N–C) groups is 1. The van der Waals surface area contributed by atoms with E-state index in [0.29, 0.717) is 24.6 Å². The van der Waals surface area contributed by atoms with Crippen molar-refractivity contribution in [1.29, 1.82) is 0 Å². The fourth-order valence-electron chi connectivity index (χ4n) is 3.35. The summed E-state index contributed by atoms with van der Waals surface area (Å²) in [6.07, 6.45) is 3.44. The van der Waals surface area contributed by atoms with Gasteiger partial charge in [0.25, 0.3) is 5.91 Å². The lowest BCUT2D eigenvalue weighted by atomic mass is 10.1. The second kappa shape index (κ2) is 5.88. The van der Waals surface area contributed by atoms with Crippen molar-refractivity contribution in [2.24, 2.45) is 4.99 Å². The molecule has 0 fully saturated rings. The Hall–Kier alpha value is -2.62. The number of nitrogens with one attached hydrogen (secondary N) is 1. The van der Waals surface area contributed by atoms with Gasteiger partial charge < -0.3 is 5.32 Å². The number of nitrogens with zero attached hydrogens (tertiary/aromatic N) is 2. The number of aryl methyl sites for hydroxylation is 1. The second-order valence-electron chi connectivity index (χ2n) is 5.95. The average Bonchev–Trinajstić information content (AvgIpc) is 3.24. The van der Waals surface area contributed by atoms with E-state index in [4.69, 9.17) is 0 Å². The molecule has 0 spiro atoms. The van der Waals surface area contributed by atoms with Crippen molar-refractivity contribution in [3.63, 3.8) is 0 Å². The van der Waals surface area contributed by atoms with Gasteiger partial charge in [-0.1, -0.05) is 30.3 Å². The SMILES string of the molecule is O=C(c1ccccc1)N1CCN=C1Nc1cccc2c1CCC2. The fraction of sp³-hybridized carbons (Fsp3) is 0.263. The van der Waals surface area contributed by atoms with Gasteiger partial charge in [0, 0.05) is 17.8 Å². The third-order valence-corrected chi connectivity index (χ3v) is 4.50. The van der Waals surface area contributed by atoms with E-state index in [-0.39, 0.29) is 5.91 Å². The molecule has 4 heteroatoms. The molecule has 0 aromatic heterocycles. The minimum Gasteiger partial charge on any atom is -0.326 e. The molecule has 1 amide bonds. The summed E-state index contributed by atoms with van der Waals surface area (Å²) in [5, 5.41) is 3.40. The second-order valence-corrected chi connectivity index (χ2v) is 5.95. The molecule has 1 N–H and O–H groups in total. The van der Waals surface area contributed by atoms with Crippen LogP contribution in [0, 0.1) is 0 Å². The van der Waals surface area contributed by atoms with Gasteiger partial charge in [-0.15, -0.1) is 0 Å². The molecule has 0 atom stereocenters. The first kappa shape index (κ1) is 14.0. The monoisotopic (exact) mass is 305 g/mol. The van der Waals surface area contributed by atoms with Gasteiger partial charge in [-0.05, 0) is 48.6 Å². The molecule has 0 unspecified atom stereocenters. The van der Waals surface area contributed by atoms with Gasteiger partial charge in [-0.25, -0.2) is 0 Å². The third-order valence-electron chi connectivity index (χ3n) is 4.50. The Morgan fingerprint density at radius 2 is 1.91 bits per heavy atom. The van der Waals surface area contributed by atoms with Crippen molar-refractivity contribution in [3.05, 3.63) is 65.2 Å². The molecule has 2 aliphatic rings. The van der Waals surface area contributed by atoms with Crippen LogP contribution in [0.25, 0.3) is 0 Å². The predicted octanol–water partition coefficient (Wildman–Crippen LogP) is 3.10. The zero-order chi connectivity index (χ0) is 15.6. The zero-order valence-electron chi connectivity index (χ0n) is 13.0. The van der Waals surface area contributed by atoms with Crippen LogP contribution in [0.2, 0.25) is 0 Å². The summed E-state index contributed by atoms with van der Waals surface area (Å²) in [5.74, 6) is 0.668. The molecule has 116 valence electrons. The van der Waals surface area contributed by atoms with Crippen molar-refractivity contribution in [3.8, 4) is 0 Å². The summed E-state index contributed by atoms with van der Waals surface area (Å²) in [5.41, 5.74) is 4.57. The molecule has 2 aromatic rings. The van der Waals surface area contributed by atoms with Crippen molar-refractivity contribution in [2.45, 2.75) is 19.3 Å². The van der Waals surface area contributed by atoms with Crippen molar-refractivity contribution in [1.82, 2.24) is 4.90 Å². The van der Waals surface area contributed by atoms with Crippen LogP contribution in [0.4, 0.5) is 5.69 Å². The lowest BCUT2D eigenvalue weighted by molar-refractivity contribution is 0.0858. The first-order valence-electron chi connectivity index (χ1n) is 8.12. The molecule has 0 radical (unpaired) electrons. The van der Waals surface area contributed by atoms with Gasteiger partial charge in [-0.3, -0.25) is 14.7 Å². The highest BCUT2D eigenvalue weighted by Gasteiger charge is 2.26. The molecule has 1 aliphatic heterocycles. The average molecular weight is 305 g/mol. The zero-order valence-corrected chi connectivity index (χ0v) is 13.0. The normalized spacial score (nSPS) is 16.2. The molecule has 0 saturated carbocycles. The number of carbonyl (C=O) groups excluding carboxylic acids is 1. The van der Waals surface area contributed by atoms with E-state index in [1.54, 1.807) is 4.90 Å². The van der Waals surface area contributed by atoms with Crippen molar-refractivity contribution >= 4 is 17.6 Å². The van der Waals surface area contributed by atoms with Gasteiger partial charge in [0.05, 0.1) is 6.54 Å². The molecule has 4 rings (SSSR count). The van der Waals surface area contributed by atoms with E-state index in [9.17, 15) is 4.79 Å². The maximum atomic E-state index is 12.7. The van der Waals surface area contributed by atoms with Crippen LogP contribution >= 0.6 is 0 Å². The standard InChI is InChI=1S/C19H19N3O/c23-18(15-6-2-1-3-7-15)22-13-12-20-19(22)21-17-11-5-9-14-8-4-10-16(14)17/h1-3,5-7,9,11H,4,8,10,12-13H2,(H,20,21). The number of amides is 1. The number of hydrogen-bond acceptors (Lipinski definition) is 3. The van der Waals surface area contributed by atoms with Crippen molar-refractivity contribution < 1.29 is 4.79 Å². The Kier molecular flexibility index (Phi) is 3.58. The first-order chi connectivity index (χ1) is 11.3. The number of benzene rings is 2. The van der Waals surface area contributed by atoms with E-state index in [1.165, 1.54) is 17.5 Å². The van der Waals surface area contributed by atoms with Crippen LogP contribution in [0.1, 0.15) is 27.9 Å². The van der Waals surface area contributed by atoms with Gasteiger partial charge in [0.2, 0.25) is 5.96 Å². The Morgan fingerprint density at radius 3 is 2.78 bits per heavy atom. The maximum absolute atomic E-state index is 12.7. The fourth-order valence-corrected chi connectivity index (χ4v) is 3.35. The van der Waals surface area contributed by atoms with Crippen LogP contribution in [-0.4, -0.2) is 29.9 Å². The molecular formula is C19H19N3O. The van der Waals surface area contributed by atoms with E-state index < -0.39 is 0 Å². The molecule has 0 saturated heterocycles. The number of anilines is 1. The topological polar surface area (TPSA) is 44.7 Å². The molecular weight excluding hydrogens is 286 g/mol. The summed E-state index contributed by atoms with van der Waals surface area (Å²) in [6, 6.07) is 15.7. The molecule has 1 heterocycles. The summed E-state index contributed by atoms with van der Waals surface area (Å²) >= 11 is 0. The summed E-state index contributed by atoms with van der Waals surface area (Å²) in [4.78, 5) is 18.9. The lowest BCUT2D eigenvalue weighted by Crippen LogP contribution is -2.38. The van der Waals surface area contributed by atoms with Crippen LogP contribution in [0.3, 0.4) is 0 Å². The van der Waals surface area contributed by atoms with Gasteiger partial charge >= 0.3 is 0 Å². The molecule has 1 aliphatic carbocycles. The van der Waals surface area contributed by atoms with E-state index in [0.717, 1.165) is 18.5 Å². The largest absolute Gasteiger partial charge is 0.326 e. The minimum absolute atomic E-state index is 0.00178. The first-order valence-corrected chi connectivity index (χ1v) is 8.12. The number of guanidine groups is 1.